The van der Waals surface area contributed by atoms with Crippen molar-refractivity contribution in [3.8, 4) is 50.2 Å². The van der Waals surface area contributed by atoms with Crippen LogP contribution in [0.3, 0.4) is 0 Å². The van der Waals surface area contributed by atoms with E-state index in [4.69, 9.17) is 4.42 Å². The Morgan fingerprint density at radius 1 is 0.313 bits per heavy atom. The van der Waals surface area contributed by atoms with Gasteiger partial charge in [0.2, 0.25) is 0 Å². The summed E-state index contributed by atoms with van der Waals surface area (Å²) in [7, 11) is 0. The van der Waals surface area contributed by atoms with Crippen LogP contribution in [0.25, 0.3) is 105 Å². The van der Waals surface area contributed by atoms with Crippen molar-refractivity contribution in [2.75, 3.05) is 4.90 Å². The lowest BCUT2D eigenvalue weighted by Gasteiger charge is -2.29. The number of benzene rings is 11. The molecule has 314 valence electrons. The Morgan fingerprint density at radius 3 is 1.75 bits per heavy atom. The summed E-state index contributed by atoms with van der Waals surface area (Å²) in [6, 6.07) is 92.1. The van der Waals surface area contributed by atoms with E-state index in [1.807, 2.05) is 12.1 Å². The van der Waals surface area contributed by atoms with Gasteiger partial charge in [0.05, 0.1) is 16.7 Å². The van der Waals surface area contributed by atoms with Crippen LogP contribution >= 0.6 is 0 Å². The minimum Gasteiger partial charge on any atom is -0.456 e. The van der Waals surface area contributed by atoms with Gasteiger partial charge in [0, 0.05) is 44.2 Å². The largest absolute Gasteiger partial charge is 0.456 e. The second-order valence-electron chi connectivity index (χ2n) is 17.3. The third-order valence-electron chi connectivity index (χ3n) is 13.4. The zero-order chi connectivity index (χ0) is 44.3. The zero-order valence-corrected chi connectivity index (χ0v) is 36.6. The molecule has 2 heterocycles. The van der Waals surface area contributed by atoms with Gasteiger partial charge in [-0.15, -0.1) is 0 Å². The Morgan fingerprint density at radius 2 is 0.896 bits per heavy atom. The Kier molecular flexibility index (Phi) is 9.17. The molecule has 0 N–H and O–H groups in total. The molecular weight excluding hydrogens is 813 g/mol. The number of fused-ring (bicyclic) bond motifs is 7. The Balaban J connectivity index is 0.982. The molecule has 3 nitrogen and oxygen atoms in total. The first kappa shape index (κ1) is 38.5. The number of aromatic nitrogens is 1. The van der Waals surface area contributed by atoms with Crippen LogP contribution in [0.4, 0.5) is 17.1 Å². The first-order valence-electron chi connectivity index (χ1n) is 22.9. The summed E-state index contributed by atoms with van der Waals surface area (Å²) in [5, 5.41) is 7.16. The molecule has 2 aromatic heterocycles. The number of hydrogen-bond acceptors (Lipinski definition) is 2. The fourth-order valence-corrected chi connectivity index (χ4v) is 10.3. The highest BCUT2D eigenvalue weighted by Gasteiger charge is 2.21. The highest BCUT2D eigenvalue weighted by Crippen LogP contribution is 2.46. The highest BCUT2D eigenvalue weighted by molar-refractivity contribution is 6.12. The van der Waals surface area contributed by atoms with Crippen LogP contribution in [0.1, 0.15) is 0 Å². The van der Waals surface area contributed by atoms with Crippen LogP contribution in [0.5, 0.6) is 0 Å². The summed E-state index contributed by atoms with van der Waals surface area (Å²) in [4.78, 5) is 2.43. The van der Waals surface area contributed by atoms with Crippen LogP contribution in [-0.2, 0) is 0 Å². The molecule has 0 saturated carbocycles. The normalized spacial score (nSPS) is 11.6. The molecule has 13 rings (SSSR count). The predicted molar refractivity (Wildman–Crippen MR) is 282 cm³/mol. The summed E-state index contributed by atoms with van der Waals surface area (Å²) in [5.74, 6) is 0. The van der Waals surface area contributed by atoms with Crippen molar-refractivity contribution in [3.05, 3.63) is 255 Å². The molecule has 67 heavy (non-hydrogen) atoms. The van der Waals surface area contributed by atoms with E-state index in [0.29, 0.717) is 0 Å². The molecular formula is C64H42N2O. The van der Waals surface area contributed by atoms with Gasteiger partial charge in [-0.25, -0.2) is 0 Å². The molecule has 0 aliphatic carbocycles. The smallest absolute Gasteiger partial charge is 0.135 e. The lowest BCUT2D eigenvalue weighted by atomic mass is 9.90. The lowest BCUT2D eigenvalue weighted by Crippen LogP contribution is -2.11. The molecule has 0 bridgehead atoms. The van der Waals surface area contributed by atoms with Gasteiger partial charge < -0.3 is 13.9 Å². The van der Waals surface area contributed by atoms with Crippen molar-refractivity contribution in [2.45, 2.75) is 0 Å². The van der Waals surface area contributed by atoms with Crippen molar-refractivity contribution >= 4 is 71.6 Å². The van der Waals surface area contributed by atoms with Gasteiger partial charge in [-0.3, -0.25) is 0 Å². The SMILES string of the molecule is c1ccc(-c2cccc3cccc(-c4ccccc4N(c4ccc(-c5ccc6oc7ccccc7c6c5)cc4)c4cccc(-c5ccc6c(c5)c5ccccc5n6-c5ccccc5)c4)c23)cc1. The van der Waals surface area contributed by atoms with Gasteiger partial charge >= 0.3 is 0 Å². The average molecular weight is 855 g/mol. The van der Waals surface area contributed by atoms with Gasteiger partial charge in [0.25, 0.3) is 0 Å². The molecule has 0 aliphatic heterocycles. The van der Waals surface area contributed by atoms with E-state index in [1.54, 1.807) is 0 Å². The van der Waals surface area contributed by atoms with Gasteiger partial charge in [-0.1, -0.05) is 176 Å². The summed E-state index contributed by atoms with van der Waals surface area (Å²) in [5.41, 5.74) is 17.9. The molecule has 0 spiro atoms. The standard InChI is InChI=1S/C64H42N2O/c1-3-16-44(17-4-1)52-27-14-18-45-19-15-28-56(64(45)52)53-24-7-10-29-59(53)65(50-36-32-43(33-37-50)47-35-39-63-58(42-47)55-26-9-12-31-62(55)67-63)51-23-13-20-46(40-51)48-34-38-61-57(41-48)54-25-8-11-30-60(54)66(61)49-21-5-2-6-22-49/h1-42H. The number of para-hydroxylation sites is 4. The van der Waals surface area contributed by atoms with Crippen molar-refractivity contribution < 1.29 is 4.42 Å². The van der Waals surface area contributed by atoms with Gasteiger partial charge in [-0.05, 0) is 129 Å². The third kappa shape index (κ3) is 6.59. The number of nitrogens with zero attached hydrogens (tertiary/aromatic N) is 2. The van der Waals surface area contributed by atoms with Crippen molar-refractivity contribution in [2.24, 2.45) is 0 Å². The summed E-state index contributed by atoms with van der Waals surface area (Å²) in [6.45, 7) is 0. The fraction of sp³-hybridized carbons (Fsp3) is 0. The van der Waals surface area contributed by atoms with Crippen LogP contribution < -0.4 is 4.90 Å². The van der Waals surface area contributed by atoms with Crippen LogP contribution in [0.2, 0.25) is 0 Å². The van der Waals surface area contributed by atoms with Crippen LogP contribution in [0.15, 0.2) is 259 Å². The van der Waals surface area contributed by atoms with Crippen LogP contribution in [0, 0.1) is 0 Å². The maximum absolute atomic E-state index is 6.19. The summed E-state index contributed by atoms with van der Waals surface area (Å²) >= 11 is 0. The molecule has 0 fully saturated rings. The first-order valence-corrected chi connectivity index (χ1v) is 22.9. The topological polar surface area (TPSA) is 21.3 Å². The van der Waals surface area contributed by atoms with Gasteiger partial charge in [-0.2, -0.15) is 0 Å². The number of hydrogen-bond donors (Lipinski definition) is 0. The molecule has 11 aromatic carbocycles. The Labute approximate surface area is 388 Å². The molecule has 3 heteroatoms. The van der Waals surface area contributed by atoms with Crippen molar-refractivity contribution in [1.29, 1.82) is 0 Å². The van der Waals surface area contributed by atoms with Crippen molar-refractivity contribution in [1.82, 2.24) is 4.57 Å². The van der Waals surface area contributed by atoms with E-state index in [2.05, 4.69) is 252 Å². The van der Waals surface area contributed by atoms with E-state index in [-0.39, 0.29) is 0 Å². The first-order chi connectivity index (χ1) is 33.2. The molecule has 0 saturated heterocycles. The molecule has 0 unspecified atom stereocenters. The van der Waals surface area contributed by atoms with Crippen LogP contribution in [-0.4, -0.2) is 4.57 Å². The van der Waals surface area contributed by atoms with Gasteiger partial charge in [0.1, 0.15) is 11.2 Å². The second kappa shape index (κ2) is 16.0. The van der Waals surface area contributed by atoms with E-state index < -0.39 is 0 Å². The summed E-state index contributed by atoms with van der Waals surface area (Å²) in [6.07, 6.45) is 0. The van der Waals surface area contributed by atoms with E-state index in [0.717, 1.165) is 72.5 Å². The lowest BCUT2D eigenvalue weighted by molar-refractivity contribution is 0.669. The molecule has 13 aromatic rings. The minimum absolute atomic E-state index is 0.897. The predicted octanol–water partition coefficient (Wildman–Crippen LogP) is 18.0. The summed E-state index contributed by atoms with van der Waals surface area (Å²) < 4.78 is 8.57. The minimum atomic E-state index is 0.897. The number of anilines is 3. The highest BCUT2D eigenvalue weighted by atomic mass is 16.3. The number of furan rings is 1. The Bertz CT molecular complexity index is 3970. The second-order valence-corrected chi connectivity index (χ2v) is 17.3. The molecule has 0 radical (unpaired) electrons. The zero-order valence-electron chi connectivity index (χ0n) is 36.6. The van der Waals surface area contributed by atoms with E-state index >= 15 is 0 Å². The monoisotopic (exact) mass is 854 g/mol. The van der Waals surface area contributed by atoms with E-state index in [1.165, 1.54) is 49.3 Å². The quantitative estimate of drug-likeness (QED) is 0.152. The van der Waals surface area contributed by atoms with E-state index in [9.17, 15) is 0 Å². The third-order valence-corrected chi connectivity index (χ3v) is 13.4. The average Bonchev–Trinajstić information content (AvgIpc) is 3.94. The number of rotatable bonds is 8. The molecule has 0 aliphatic rings. The fourth-order valence-electron chi connectivity index (χ4n) is 10.3. The maximum Gasteiger partial charge on any atom is 0.135 e. The van der Waals surface area contributed by atoms with Crippen molar-refractivity contribution in [3.63, 3.8) is 0 Å². The van der Waals surface area contributed by atoms with Gasteiger partial charge in [0.15, 0.2) is 0 Å². The molecule has 0 atom stereocenters. The maximum atomic E-state index is 6.19. The Hall–Kier alpha value is -8.92. The molecule has 0 amide bonds.